The molecule has 1 aliphatic rings. The summed E-state index contributed by atoms with van der Waals surface area (Å²) in [5.74, 6) is 1.92. The topological polar surface area (TPSA) is 68.3 Å². The predicted molar refractivity (Wildman–Crippen MR) is 69.0 cm³/mol. The Hall–Kier alpha value is -1.43. The Kier molecular flexibility index (Phi) is 3.73. The molecule has 1 aromatic heterocycles. The van der Waals surface area contributed by atoms with Crippen molar-refractivity contribution >= 4 is 23.4 Å². The molecule has 17 heavy (non-hydrogen) atoms. The molecule has 0 aliphatic carbocycles. The number of carbonyl (C=O) groups excluding carboxylic acids is 1. The summed E-state index contributed by atoms with van der Waals surface area (Å²) >= 11 is 1.85. The Labute approximate surface area is 104 Å². The van der Waals surface area contributed by atoms with Crippen LogP contribution >= 0.6 is 11.8 Å². The van der Waals surface area contributed by atoms with Gasteiger partial charge in [0.25, 0.3) is 5.56 Å². The molecule has 92 valence electrons. The Bertz CT molecular complexity index is 466. The van der Waals surface area contributed by atoms with E-state index >= 15 is 0 Å². The zero-order valence-electron chi connectivity index (χ0n) is 9.46. The third kappa shape index (κ3) is 3.03. The first-order valence-corrected chi connectivity index (χ1v) is 6.64. The van der Waals surface area contributed by atoms with E-state index in [9.17, 15) is 9.59 Å². The van der Waals surface area contributed by atoms with E-state index in [-0.39, 0.29) is 18.0 Å². The monoisotopic (exact) mass is 253 g/mol. The molecule has 0 unspecified atom stereocenters. The van der Waals surface area contributed by atoms with Crippen LogP contribution in [0.1, 0.15) is 0 Å². The van der Waals surface area contributed by atoms with Crippen molar-refractivity contribution in [3.8, 4) is 0 Å². The van der Waals surface area contributed by atoms with Crippen molar-refractivity contribution in [1.29, 1.82) is 0 Å². The van der Waals surface area contributed by atoms with Crippen molar-refractivity contribution in [2.24, 2.45) is 0 Å². The van der Waals surface area contributed by atoms with E-state index in [0.717, 1.165) is 24.6 Å². The first-order chi connectivity index (χ1) is 8.16. The standard InChI is InChI=1S/C11H15N3O2S/c12-9-1-2-10(15)14(7-9)8-11(16)13-3-5-17-6-4-13/h1-2,7H,3-6,8,12H2. The number of hydrogen-bond acceptors (Lipinski definition) is 4. The molecule has 0 atom stereocenters. The molecule has 0 spiro atoms. The van der Waals surface area contributed by atoms with Crippen LogP contribution in [0.15, 0.2) is 23.1 Å². The van der Waals surface area contributed by atoms with Gasteiger partial charge in [-0.2, -0.15) is 11.8 Å². The summed E-state index contributed by atoms with van der Waals surface area (Å²) < 4.78 is 1.36. The minimum absolute atomic E-state index is 0.0157. The number of thioether (sulfide) groups is 1. The summed E-state index contributed by atoms with van der Waals surface area (Å²) in [6.45, 7) is 1.61. The normalized spacial score (nSPS) is 15.9. The van der Waals surface area contributed by atoms with Crippen molar-refractivity contribution in [3.05, 3.63) is 28.7 Å². The molecule has 0 radical (unpaired) electrons. The van der Waals surface area contributed by atoms with Gasteiger partial charge in [0.2, 0.25) is 5.91 Å². The van der Waals surface area contributed by atoms with Gasteiger partial charge in [0.05, 0.1) is 0 Å². The van der Waals surface area contributed by atoms with Gasteiger partial charge in [0.1, 0.15) is 6.54 Å². The molecule has 1 aromatic rings. The molecule has 5 nitrogen and oxygen atoms in total. The zero-order chi connectivity index (χ0) is 12.3. The van der Waals surface area contributed by atoms with Crippen molar-refractivity contribution in [3.63, 3.8) is 0 Å². The van der Waals surface area contributed by atoms with Crippen LogP contribution in [0.25, 0.3) is 0 Å². The maximum absolute atomic E-state index is 11.9. The Morgan fingerprint density at radius 2 is 2.06 bits per heavy atom. The summed E-state index contributed by atoms with van der Waals surface area (Å²) in [7, 11) is 0. The second-order valence-electron chi connectivity index (χ2n) is 3.92. The Morgan fingerprint density at radius 1 is 1.35 bits per heavy atom. The minimum atomic E-state index is -0.195. The number of hydrogen-bond donors (Lipinski definition) is 1. The second kappa shape index (κ2) is 5.27. The lowest BCUT2D eigenvalue weighted by Gasteiger charge is -2.26. The summed E-state index contributed by atoms with van der Waals surface area (Å²) in [4.78, 5) is 25.3. The van der Waals surface area contributed by atoms with Crippen molar-refractivity contribution in [2.45, 2.75) is 6.54 Å². The Balaban J connectivity index is 2.07. The first-order valence-electron chi connectivity index (χ1n) is 5.48. The Morgan fingerprint density at radius 3 is 2.76 bits per heavy atom. The van der Waals surface area contributed by atoms with Gasteiger partial charge >= 0.3 is 0 Å². The van der Waals surface area contributed by atoms with E-state index in [4.69, 9.17) is 5.73 Å². The van der Waals surface area contributed by atoms with E-state index in [1.54, 1.807) is 11.0 Å². The van der Waals surface area contributed by atoms with Gasteiger partial charge in [-0.3, -0.25) is 9.59 Å². The van der Waals surface area contributed by atoms with E-state index in [1.807, 2.05) is 11.8 Å². The maximum Gasteiger partial charge on any atom is 0.251 e. The highest BCUT2D eigenvalue weighted by Crippen LogP contribution is 2.09. The third-order valence-electron chi connectivity index (χ3n) is 2.68. The fourth-order valence-corrected chi connectivity index (χ4v) is 2.63. The van der Waals surface area contributed by atoms with Gasteiger partial charge < -0.3 is 15.2 Å². The number of nitrogen functional groups attached to an aromatic ring is 1. The molecule has 1 saturated heterocycles. The smallest absolute Gasteiger partial charge is 0.251 e. The van der Waals surface area contributed by atoms with Crippen molar-refractivity contribution in [2.75, 3.05) is 30.3 Å². The number of amides is 1. The molecule has 1 fully saturated rings. The van der Waals surface area contributed by atoms with Crippen molar-refractivity contribution < 1.29 is 4.79 Å². The van der Waals surface area contributed by atoms with Crippen LogP contribution in [0.3, 0.4) is 0 Å². The lowest BCUT2D eigenvalue weighted by Crippen LogP contribution is -2.41. The number of nitrogens with zero attached hydrogens (tertiary/aromatic N) is 2. The van der Waals surface area contributed by atoms with Crippen LogP contribution in [0.5, 0.6) is 0 Å². The molecule has 2 rings (SSSR count). The number of pyridine rings is 1. The average molecular weight is 253 g/mol. The van der Waals surface area contributed by atoms with Gasteiger partial charge in [-0.15, -0.1) is 0 Å². The fourth-order valence-electron chi connectivity index (χ4n) is 1.73. The summed E-state index contributed by atoms with van der Waals surface area (Å²) in [6, 6.07) is 2.93. The van der Waals surface area contributed by atoms with Gasteiger partial charge in [-0.25, -0.2) is 0 Å². The predicted octanol–water partition coefficient (Wildman–Crippen LogP) is 0.00590. The lowest BCUT2D eigenvalue weighted by atomic mass is 10.4. The van der Waals surface area contributed by atoms with Gasteiger partial charge in [0, 0.05) is 42.5 Å². The quantitative estimate of drug-likeness (QED) is 0.806. The molecule has 1 aliphatic heterocycles. The van der Waals surface area contributed by atoms with Gasteiger partial charge in [-0.05, 0) is 6.07 Å². The van der Waals surface area contributed by atoms with E-state index in [1.165, 1.54) is 16.8 Å². The minimum Gasteiger partial charge on any atom is -0.398 e. The molecule has 2 heterocycles. The maximum atomic E-state index is 11.9. The summed E-state index contributed by atoms with van der Waals surface area (Å²) in [5, 5.41) is 0. The fraction of sp³-hybridized carbons (Fsp3) is 0.455. The molecule has 0 aromatic carbocycles. The van der Waals surface area contributed by atoms with Gasteiger partial charge in [-0.1, -0.05) is 0 Å². The third-order valence-corrected chi connectivity index (χ3v) is 3.62. The molecule has 0 saturated carbocycles. The molecule has 2 N–H and O–H groups in total. The van der Waals surface area contributed by atoms with E-state index in [0.29, 0.717) is 5.69 Å². The van der Waals surface area contributed by atoms with Crippen LogP contribution in [0.4, 0.5) is 5.69 Å². The molecule has 6 heteroatoms. The molecular weight excluding hydrogens is 238 g/mol. The number of carbonyl (C=O) groups is 1. The zero-order valence-corrected chi connectivity index (χ0v) is 10.3. The highest BCUT2D eigenvalue weighted by Gasteiger charge is 2.17. The van der Waals surface area contributed by atoms with Crippen LogP contribution < -0.4 is 11.3 Å². The highest BCUT2D eigenvalue weighted by molar-refractivity contribution is 7.99. The molecule has 1 amide bonds. The van der Waals surface area contributed by atoms with E-state index in [2.05, 4.69) is 0 Å². The van der Waals surface area contributed by atoms with Gasteiger partial charge in [0.15, 0.2) is 0 Å². The van der Waals surface area contributed by atoms with Crippen molar-refractivity contribution in [1.82, 2.24) is 9.47 Å². The highest BCUT2D eigenvalue weighted by atomic mass is 32.2. The summed E-state index contributed by atoms with van der Waals surface area (Å²) in [5.41, 5.74) is 5.89. The lowest BCUT2D eigenvalue weighted by molar-refractivity contribution is -0.131. The number of rotatable bonds is 2. The number of aromatic nitrogens is 1. The molecular formula is C11H15N3O2S. The second-order valence-corrected chi connectivity index (χ2v) is 5.15. The number of anilines is 1. The average Bonchev–Trinajstić information content (AvgIpc) is 2.35. The largest absolute Gasteiger partial charge is 0.398 e. The number of nitrogens with two attached hydrogens (primary N) is 1. The van der Waals surface area contributed by atoms with Crippen LogP contribution in [-0.2, 0) is 11.3 Å². The summed E-state index contributed by atoms with van der Waals surface area (Å²) in [6.07, 6.45) is 1.51. The van der Waals surface area contributed by atoms with E-state index < -0.39 is 0 Å². The molecule has 0 bridgehead atoms. The van der Waals surface area contributed by atoms with Crippen LogP contribution in [0, 0.1) is 0 Å². The van der Waals surface area contributed by atoms with Crippen LogP contribution in [0.2, 0.25) is 0 Å². The first kappa shape index (κ1) is 12.0. The van der Waals surface area contributed by atoms with Crippen LogP contribution in [-0.4, -0.2) is 40.0 Å². The SMILES string of the molecule is Nc1ccc(=O)n(CC(=O)N2CCSCC2)c1.